The highest BCUT2D eigenvalue weighted by molar-refractivity contribution is 5.82. The molecule has 1 aromatic carbocycles. The van der Waals surface area contributed by atoms with E-state index in [-0.39, 0.29) is 0 Å². The van der Waals surface area contributed by atoms with Crippen molar-refractivity contribution in [1.29, 1.82) is 0 Å². The van der Waals surface area contributed by atoms with Gasteiger partial charge in [-0.3, -0.25) is 4.68 Å². The Hall–Kier alpha value is -1.35. The smallest absolute Gasteiger partial charge is 0.0709 e. The van der Waals surface area contributed by atoms with Gasteiger partial charge in [-0.15, -0.1) is 0 Å². The fourth-order valence-corrected chi connectivity index (χ4v) is 3.05. The summed E-state index contributed by atoms with van der Waals surface area (Å²) in [6.07, 6.45) is 5.02. The molecule has 20 heavy (non-hydrogen) atoms. The zero-order chi connectivity index (χ0) is 14.0. The van der Waals surface area contributed by atoms with E-state index >= 15 is 0 Å². The number of nitrogens with zero attached hydrogens (tertiary/aromatic N) is 2. The van der Waals surface area contributed by atoms with Crippen molar-refractivity contribution in [3.8, 4) is 0 Å². The number of hydrogen-bond donors (Lipinski definition) is 1. The van der Waals surface area contributed by atoms with Gasteiger partial charge < -0.3 is 5.32 Å². The number of aromatic nitrogens is 2. The van der Waals surface area contributed by atoms with E-state index in [1.54, 1.807) is 0 Å². The van der Waals surface area contributed by atoms with Gasteiger partial charge in [0.15, 0.2) is 0 Å². The van der Waals surface area contributed by atoms with Gasteiger partial charge in [0.25, 0.3) is 0 Å². The maximum absolute atomic E-state index is 4.85. The number of para-hydroxylation sites is 1. The highest BCUT2D eigenvalue weighted by atomic mass is 15.3. The number of nitrogens with one attached hydrogen (secondary N) is 1. The van der Waals surface area contributed by atoms with Gasteiger partial charge in [-0.25, -0.2) is 0 Å². The van der Waals surface area contributed by atoms with Gasteiger partial charge in [0.1, 0.15) is 0 Å². The number of aryl methyl sites for hydroxylation is 1. The number of hydrogen-bond acceptors (Lipinski definition) is 2. The van der Waals surface area contributed by atoms with E-state index in [1.165, 1.54) is 35.9 Å². The Kier molecular flexibility index (Phi) is 3.79. The minimum atomic E-state index is 0.477. The molecule has 3 heteroatoms. The lowest BCUT2D eigenvalue weighted by atomic mass is 9.98. The van der Waals surface area contributed by atoms with Gasteiger partial charge in [-0.05, 0) is 50.6 Å². The minimum Gasteiger partial charge on any atom is -0.316 e. The second kappa shape index (κ2) is 5.57. The minimum absolute atomic E-state index is 0.477. The van der Waals surface area contributed by atoms with Crippen molar-refractivity contribution in [1.82, 2.24) is 15.1 Å². The molecule has 2 aromatic rings. The average Bonchev–Trinajstić information content (AvgIpc) is 3.14. The SMILES string of the molecule is CCCNCC1(Cc2nn(CC)c3ccccc23)CC1. The van der Waals surface area contributed by atoms with E-state index in [0.717, 1.165) is 26.1 Å². The summed E-state index contributed by atoms with van der Waals surface area (Å²) in [7, 11) is 0. The van der Waals surface area contributed by atoms with Gasteiger partial charge in [0.2, 0.25) is 0 Å². The molecule has 0 atom stereocenters. The topological polar surface area (TPSA) is 29.9 Å². The zero-order valence-corrected chi connectivity index (χ0v) is 12.7. The molecule has 0 spiro atoms. The van der Waals surface area contributed by atoms with E-state index in [9.17, 15) is 0 Å². The normalized spacial score (nSPS) is 16.7. The molecule has 0 saturated heterocycles. The summed E-state index contributed by atoms with van der Waals surface area (Å²) in [5, 5.41) is 9.79. The number of rotatable bonds is 7. The first-order valence-corrected chi connectivity index (χ1v) is 7.93. The Morgan fingerprint density at radius 1 is 1.25 bits per heavy atom. The maximum atomic E-state index is 4.85. The third-order valence-corrected chi connectivity index (χ3v) is 4.46. The zero-order valence-electron chi connectivity index (χ0n) is 12.7. The largest absolute Gasteiger partial charge is 0.316 e. The standard InChI is InChI=1S/C17H25N3/c1-3-11-18-13-17(9-10-17)12-15-14-7-5-6-8-16(14)20(4-2)19-15/h5-8,18H,3-4,9-13H2,1-2H3. The van der Waals surface area contributed by atoms with E-state index in [0.29, 0.717) is 5.41 Å². The molecule has 0 radical (unpaired) electrons. The Labute approximate surface area is 121 Å². The Morgan fingerprint density at radius 3 is 2.75 bits per heavy atom. The van der Waals surface area contributed by atoms with Crippen LogP contribution in [0.3, 0.4) is 0 Å². The van der Waals surface area contributed by atoms with Crippen molar-refractivity contribution in [2.75, 3.05) is 13.1 Å². The molecule has 1 saturated carbocycles. The fraction of sp³-hybridized carbons (Fsp3) is 0.588. The van der Waals surface area contributed by atoms with Crippen LogP contribution in [-0.4, -0.2) is 22.9 Å². The van der Waals surface area contributed by atoms with Crippen LogP contribution in [0.15, 0.2) is 24.3 Å². The molecule has 1 fully saturated rings. The summed E-state index contributed by atoms with van der Waals surface area (Å²) in [5.74, 6) is 0. The summed E-state index contributed by atoms with van der Waals surface area (Å²) < 4.78 is 2.14. The Balaban J connectivity index is 1.81. The summed E-state index contributed by atoms with van der Waals surface area (Å²) in [4.78, 5) is 0. The van der Waals surface area contributed by atoms with Gasteiger partial charge in [-0.1, -0.05) is 25.1 Å². The molecule has 0 unspecified atom stereocenters. The van der Waals surface area contributed by atoms with Gasteiger partial charge in [-0.2, -0.15) is 5.10 Å². The first kappa shape index (κ1) is 13.6. The van der Waals surface area contributed by atoms with Crippen molar-refractivity contribution in [2.24, 2.45) is 5.41 Å². The first-order valence-electron chi connectivity index (χ1n) is 7.93. The first-order chi connectivity index (χ1) is 9.78. The number of fused-ring (bicyclic) bond motifs is 1. The predicted octanol–water partition coefficient (Wildman–Crippen LogP) is 3.38. The third kappa shape index (κ3) is 2.59. The molecule has 1 aliphatic carbocycles. The van der Waals surface area contributed by atoms with Crippen LogP contribution in [-0.2, 0) is 13.0 Å². The summed E-state index contributed by atoms with van der Waals surface area (Å²) >= 11 is 0. The van der Waals surface area contributed by atoms with Crippen molar-refractivity contribution < 1.29 is 0 Å². The van der Waals surface area contributed by atoms with E-state index in [4.69, 9.17) is 5.10 Å². The fourth-order valence-electron chi connectivity index (χ4n) is 3.05. The maximum Gasteiger partial charge on any atom is 0.0709 e. The Bertz CT molecular complexity index is 581. The van der Waals surface area contributed by atoms with Crippen LogP contribution >= 0.6 is 0 Å². The van der Waals surface area contributed by atoms with Crippen LogP contribution in [0.25, 0.3) is 10.9 Å². The average molecular weight is 271 g/mol. The molecule has 3 nitrogen and oxygen atoms in total. The Morgan fingerprint density at radius 2 is 2.05 bits per heavy atom. The van der Waals surface area contributed by atoms with E-state index in [1.807, 2.05) is 0 Å². The molecular formula is C17H25N3. The summed E-state index contributed by atoms with van der Waals surface area (Å²) in [6, 6.07) is 8.64. The van der Waals surface area contributed by atoms with Crippen molar-refractivity contribution >= 4 is 10.9 Å². The highest BCUT2D eigenvalue weighted by Crippen LogP contribution is 2.48. The monoisotopic (exact) mass is 271 g/mol. The van der Waals surface area contributed by atoms with E-state index < -0.39 is 0 Å². The van der Waals surface area contributed by atoms with Crippen molar-refractivity contribution in [2.45, 2.75) is 46.1 Å². The lowest BCUT2D eigenvalue weighted by Gasteiger charge is -2.14. The molecule has 108 valence electrons. The lowest BCUT2D eigenvalue weighted by molar-refractivity contribution is 0.449. The molecule has 0 aliphatic heterocycles. The summed E-state index contributed by atoms with van der Waals surface area (Å²) in [5.41, 5.74) is 3.05. The molecule has 1 N–H and O–H groups in total. The van der Waals surface area contributed by atoms with Crippen molar-refractivity contribution in [3.63, 3.8) is 0 Å². The highest BCUT2D eigenvalue weighted by Gasteiger charge is 2.42. The molecular weight excluding hydrogens is 246 g/mol. The van der Waals surface area contributed by atoms with E-state index in [2.05, 4.69) is 48.1 Å². The molecule has 1 aliphatic rings. The van der Waals surface area contributed by atoms with Crippen molar-refractivity contribution in [3.05, 3.63) is 30.0 Å². The molecule has 3 rings (SSSR count). The second-order valence-electron chi connectivity index (χ2n) is 6.13. The van der Waals surface area contributed by atoms with Crippen LogP contribution in [0.1, 0.15) is 38.8 Å². The van der Waals surface area contributed by atoms with Crippen LogP contribution < -0.4 is 5.32 Å². The van der Waals surface area contributed by atoms with Crippen LogP contribution in [0.2, 0.25) is 0 Å². The van der Waals surface area contributed by atoms with Crippen LogP contribution in [0, 0.1) is 5.41 Å². The molecule has 0 bridgehead atoms. The number of benzene rings is 1. The van der Waals surface area contributed by atoms with Gasteiger partial charge in [0.05, 0.1) is 11.2 Å². The second-order valence-corrected chi connectivity index (χ2v) is 6.13. The predicted molar refractivity (Wildman–Crippen MR) is 83.9 cm³/mol. The van der Waals surface area contributed by atoms with Crippen LogP contribution in [0.4, 0.5) is 0 Å². The van der Waals surface area contributed by atoms with Gasteiger partial charge in [0, 0.05) is 18.5 Å². The molecule has 1 aromatic heterocycles. The summed E-state index contributed by atoms with van der Waals surface area (Å²) in [6.45, 7) is 7.61. The third-order valence-electron chi connectivity index (χ3n) is 4.46. The molecule has 1 heterocycles. The van der Waals surface area contributed by atoms with Gasteiger partial charge >= 0.3 is 0 Å². The molecule has 0 amide bonds. The quantitative estimate of drug-likeness (QED) is 0.782. The lowest BCUT2D eigenvalue weighted by Crippen LogP contribution is -2.26. The van der Waals surface area contributed by atoms with Crippen LogP contribution in [0.5, 0.6) is 0 Å².